The number of carbonyl (C=O) groups excluding carboxylic acids is 1. The molecular weight excluding hydrogens is 341 g/mol. The number of carboxylic acids is 1. The van der Waals surface area contributed by atoms with Crippen LogP contribution in [0.3, 0.4) is 0 Å². The second kappa shape index (κ2) is 8.62. The number of epoxide rings is 1. The Morgan fingerprint density at radius 1 is 1.30 bits per heavy atom. The number of carbonyl (C=O) groups is 1. The number of hydrogen-bond donors (Lipinski definition) is 0. The fourth-order valence-corrected chi connectivity index (χ4v) is 2.23. The zero-order valence-corrected chi connectivity index (χ0v) is 15.6. The van der Waals surface area contributed by atoms with Crippen molar-refractivity contribution >= 4 is 17.6 Å². The molecule has 0 amide bonds. The molecule has 0 aromatic heterocycles. The van der Waals surface area contributed by atoms with Crippen LogP contribution in [0.5, 0.6) is 5.75 Å². The van der Waals surface area contributed by atoms with Crippen molar-refractivity contribution in [3.63, 3.8) is 0 Å². The summed E-state index contributed by atoms with van der Waals surface area (Å²) in [6.45, 7) is -0.0860. The Labute approximate surface area is 160 Å². The van der Waals surface area contributed by atoms with Gasteiger partial charge in [0.1, 0.15) is 5.75 Å². The summed E-state index contributed by atoms with van der Waals surface area (Å²) >= 11 is 5.74. The average molecular weight is 357 g/mol. The molecule has 1 aromatic carbocycles. The van der Waals surface area contributed by atoms with Crippen LogP contribution in [-0.2, 0) is 9.53 Å². The van der Waals surface area contributed by atoms with Crippen LogP contribution in [0.2, 0.25) is 5.02 Å². The van der Waals surface area contributed by atoms with Gasteiger partial charge in [0.05, 0.1) is 19.2 Å². The Kier molecular flexibility index (Phi) is 7.74. The molecule has 8 heteroatoms. The summed E-state index contributed by atoms with van der Waals surface area (Å²) in [5, 5.41) is 11.3. The average Bonchev–Trinajstić information content (AvgIpc) is 3.26. The quantitative estimate of drug-likeness (QED) is 0.338. The van der Waals surface area contributed by atoms with Crippen LogP contribution >= 0.6 is 11.6 Å². The standard InChI is InChI=1S/C15H17ClF2O4.Na/c16-11-4-6-12(7-5-11)21-9-3-1-2-8-15(17,18)14(10-22-14)13(19)20;/h4-7H,1-3,8-10H2,(H,19,20);/q;+1/p-1. The SMILES string of the molecule is O=C([O-])C1(C(F)(F)CCCCCOc2ccc(Cl)cc2)CO1.[Na+]. The van der Waals surface area contributed by atoms with Gasteiger partial charge in [0.2, 0.25) is 0 Å². The number of ether oxygens (including phenoxy) is 2. The van der Waals surface area contributed by atoms with Gasteiger partial charge in [-0.15, -0.1) is 0 Å². The number of hydrogen-bond acceptors (Lipinski definition) is 4. The molecule has 1 fully saturated rings. The van der Waals surface area contributed by atoms with Crippen molar-refractivity contribution in [1.82, 2.24) is 0 Å². The summed E-state index contributed by atoms with van der Waals surface area (Å²) in [6, 6.07) is 6.86. The number of benzene rings is 1. The van der Waals surface area contributed by atoms with Crippen LogP contribution < -0.4 is 39.4 Å². The van der Waals surface area contributed by atoms with E-state index in [4.69, 9.17) is 16.3 Å². The van der Waals surface area contributed by atoms with Gasteiger partial charge < -0.3 is 19.4 Å². The Balaban J connectivity index is 0.00000264. The van der Waals surface area contributed by atoms with Crippen LogP contribution in [0.15, 0.2) is 24.3 Å². The Morgan fingerprint density at radius 2 is 1.91 bits per heavy atom. The number of rotatable bonds is 9. The normalized spacial score (nSPS) is 19.8. The second-order valence-corrected chi connectivity index (χ2v) is 5.66. The van der Waals surface area contributed by atoms with Crippen LogP contribution in [0.25, 0.3) is 0 Å². The van der Waals surface area contributed by atoms with Crippen molar-refractivity contribution in [2.75, 3.05) is 13.2 Å². The summed E-state index contributed by atoms with van der Waals surface area (Å²) in [7, 11) is 0. The molecule has 1 unspecified atom stereocenters. The number of aliphatic carboxylic acids is 1. The molecule has 1 aromatic rings. The second-order valence-electron chi connectivity index (χ2n) is 5.22. The number of halogens is 3. The molecule has 0 radical (unpaired) electrons. The van der Waals surface area contributed by atoms with Gasteiger partial charge in [0, 0.05) is 11.4 Å². The summed E-state index contributed by atoms with van der Waals surface area (Å²) in [5.74, 6) is -4.58. The van der Waals surface area contributed by atoms with Gasteiger partial charge in [-0.05, 0) is 43.5 Å². The van der Waals surface area contributed by atoms with Gasteiger partial charge in [-0.25, -0.2) is 8.78 Å². The van der Waals surface area contributed by atoms with E-state index in [2.05, 4.69) is 4.74 Å². The van der Waals surface area contributed by atoms with E-state index in [1.54, 1.807) is 24.3 Å². The van der Waals surface area contributed by atoms with Gasteiger partial charge in [0.25, 0.3) is 5.92 Å². The molecule has 0 aliphatic carbocycles. The monoisotopic (exact) mass is 356 g/mol. The van der Waals surface area contributed by atoms with Crippen LogP contribution in [0.4, 0.5) is 8.78 Å². The summed E-state index contributed by atoms with van der Waals surface area (Å²) in [6.07, 6.45) is 0.751. The molecule has 23 heavy (non-hydrogen) atoms. The third-order valence-corrected chi connectivity index (χ3v) is 3.82. The van der Waals surface area contributed by atoms with Crippen molar-refractivity contribution in [3.05, 3.63) is 29.3 Å². The van der Waals surface area contributed by atoms with E-state index >= 15 is 0 Å². The predicted octanol–water partition coefficient (Wildman–Crippen LogP) is -0.563. The van der Waals surface area contributed by atoms with Gasteiger partial charge in [-0.1, -0.05) is 11.6 Å². The maximum absolute atomic E-state index is 13.7. The van der Waals surface area contributed by atoms with Crippen LogP contribution in [0.1, 0.15) is 25.7 Å². The topological polar surface area (TPSA) is 61.9 Å². The molecule has 1 heterocycles. The van der Waals surface area contributed by atoms with Crippen LogP contribution in [0, 0.1) is 0 Å². The molecule has 2 rings (SSSR count). The fourth-order valence-electron chi connectivity index (χ4n) is 2.10. The minimum atomic E-state index is -3.40. The first-order valence-corrected chi connectivity index (χ1v) is 7.37. The molecule has 0 saturated carbocycles. The van der Waals surface area contributed by atoms with Crippen molar-refractivity contribution in [3.8, 4) is 5.75 Å². The largest absolute Gasteiger partial charge is 1.00 e. The molecule has 0 N–H and O–H groups in total. The summed E-state index contributed by atoms with van der Waals surface area (Å²) in [4.78, 5) is 10.7. The number of alkyl halides is 2. The van der Waals surface area contributed by atoms with Crippen molar-refractivity contribution < 1.29 is 57.7 Å². The molecule has 0 spiro atoms. The molecule has 4 nitrogen and oxygen atoms in total. The molecule has 1 saturated heterocycles. The first-order valence-electron chi connectivity index (χ1n) is 6.99. The Morgan fingerprint density at radius 3 is 2.43 bits per heavy atom. The minimum absolute atomic E-state index is 0. The van der Waals surface area contributed by atoms with E-state index in [0.29, 0.717) is 30.2 Å². The number of unbranched alkanes of at least 4 members (excludes halogenated alkanes) is 2. The van der Waals surface area contributed by atoms with E-state index in [1.165, 1.54) is 0 Å². The van der Waals surface area contributed by atoms with E-state index in [9.17, 15) is 18.7 Å². The third kappa shape index (κ3) is 5.29. The smallest absolute Gasteiger partial charge is 0.547 e. The van der Waals surface area contributed by atoms with Gasteiger partial charge in [0.15, 0.2) is 5.60 Å². The van der Waals surface area contributed by atoms with Gasteiger partial charge in [-0.3, -0.25) is 0 Å². The minimum Gasteiger partial charge on any atom is -0.547 e. The molecule has 1 aliphatic heterocycles. The van der Waals surface area contributed by atoms with E-state index in [0.717, 1.165) is 0 Å². The number of carboxylic acid groups (broad SMARTS) is 1. The zero-order valence-electron chi connectivity index (χ0n) is 12.8. The van der Waals surface area contributed by atoms with Crippen molar-refractivity contribution in [1.29, 1.82) is 0 Å². The van der Waals surface area contributed by atoms with Crippen LogP contribution in [-0.4, -0.2) is 30.7 Å². The van der Waals surface area contributed by atoms with E-state index in [1.807, 2.05) is 0 Å². The third-order valence-electron chi connectivity index (χ3n) is 3.57. The van der Waals surface area contributed by atoms with Gasteiger partial charge in [-0.2, -0.15) is 0 Å². The maximum atomic E-state index is 13.7. The zero-order chi connectivity index (χ0) is 16.2. The van der Waals surface area contributed by atoms with Crippen molar-refractivity contribution in [2.45, 2.75) is 37.2 Å². The summed E-state index contributed by atoms with van der Waals surface area (Å²) < 4.78 is 37.3. The first-order chi connectivity index (χ1) is 10.4. The maximum Gasteiger partial charge on any atom is 1.00 e. The summed E-state index contributed by atoms with van der Waals surface area (Å²) in [5.41, 5.74) is -2.41. The Hall–Kier alpha value is -0.400. The van der Waals surface area contributed by atoms with Gasteiger partial charge >= 0.3 is 29.6 Å². The molecule has 122 valence electrons. The molecular formula is C15H16ClF2NaO4. The molecule has 1 aliphatic rings. The fraction of sp³-hybridized carbons (Fsp3) is 0.533. The Bertz CT molecular complexity index is 521. The molecule has 0 bridgehead atoms. The van der Waals surface area contributed by atoms with E-state index in [-0.39, 0.29) is 36.0 Å². The first kappa shape index (κ1) is 20.6. The van der Waals surface area contributed by atoms with E-state index < -0.39 is 30.5 Å². The molecule has 1 atom stereocenters. The van der Waals surface area contributed by atoms with Crippen molar-refractivity contribution in [2.24, 2.45) is 0 Å². The predicted molar refractivity (Wildman–Crippen MR) is 74.1 cm³/mol.